The highest BCUT2D eigenvalue weighted by atomic mass is 32.2. The predicted molar refractivity (Wildman–Crippen MR) is 61.7 cm³/mol. The lowest BCUT2D eigenvalue weighted by Crippen LogP contribution is -2.40. The molecule has 7 nitrogen and oxygen atoms in total. The van der Waals surface area contributed by atoms with Gasteiger partial charge in [-0.15, -0.1) is 4.83 Å². The second-order valence-corrected chi connectivity index (χ2v) is 4.76. The quantitative estimate of drug-likeness (QED) is 0.499. The zero-order chi connectivity index (χ0) is 13.6. The average molecular weight is 270 g/mol. The molecule has 8 heteroatoms. The molecule has 0 radical (unpaired) electrons. The van der Waals surface area contributed by atoms with E-state index in [9.17, 15) is 18.0 Å². The second-order valence-electron chi connectivity index (χ2n) is 3.08. The number of carbonyl (C=O) groups is 2. The van der Waals surface area contributed by atoms with Crippen LogP contribution in [0.5, 0.6) is 0 Å². The summed E-state index contributed by atoms with van der Waals surface area (Å²) in [6, 6.07) is 7.40. The number of carboxylic acids is 1. The molecule has 1 rings (SSSR count). The highest BCUT2D eigenvalue weighted by Gasteiger charge is 2.13. The first kappa shape index (κ1) is 13.9. The molecular formula is C10H10N2O5S. The van der Waals surface area contributed by atoms with E-state index >= 15 is 0 Å². The van der Waals surface area contributed by atoms with Crippen LogP contribution in [0.4, 0.5) is 0 Å². The van der Waals surface area contributed by atoms with E-state index in [2.05, 4.69) is 0 Å². The van der Waals surface area contributed by atoms with Gasteiger partial charge in [-0.05, 0) is 12.1 Å². The van der Waals surface area contributed by atoms with Gasteiger partial charge < -0.3 is 5.11 Å². The molecule has 1 aromatic rings. The first-order chi connectivity index (χ1) is 8.42. The van der Waals surface area contributed by atoms with E-state index in [-0.39, 0.29) is 4.90 Å². The number of carboxylic acid groups (broad SMARTS) is 1. The summed E-state index contributed by atoms with van der Waals surface area (Å²) in [5.41, 5.74) is 1.85. The van der Waals surface area contributed by atoms with Crippen molar-refractivity contribution in [1.82, 2.24) is 10.3 Å². The summed E-state index contributed by atoms with van der Waals surface area (Å²) in [7, 11) is -3.86. The Morgan fingerprint density at radius 1 is 1.11 bits per heavy atom. The first-order valence-corrected chi connectivity index (χ1v) is 6.18. The van der Waals surface area contributed by atoms with Crippen molar-refractivity contribution in [2.45, 2.75) is 4.90 Å². The van der Waals surface area contributed by atoms with Crippen molar-refractivity contribution in [1.29, 1.82) is 0 Å². The number of sulfonamides is 1. The summed E-state index contributed by atoms with van der Waals surface area (Å²) >= 11 is 0. The van der Waals surface area contributed by atoms with Crippen molar-refractivity contribution in [3.63, 3.8) is 0 Å². The maximum absolute atomic E-state index is 11.6. The van der Waals surface area contributed by atoms with Crippen LogP contribution in [0.15, 0.2) is 47.4 Å². The summed E-state index contributed by atoms with van der Waals surface area (Å²) in [6.45, 7) is 0. The first-order valence-electron chi connectivity index (χ1n) is 4.69. The van der Waals surface area contributed by atoms with E-state index in [0.29, 0.717) is 12.2 Å². The summed E-state index contributed by atoms with van der Waals surface area (Å²) < 4.78 is 23.2. The number of amides is 1. The zero-order valence-corrected chi connectivity index (χ0v) is 9.85. The number of rotatable bonds is 5. The molecule has 0 unspecified atom stereocenters. The van der Waals surface area contributed by atoms with E-state index in [0.717, 1.165) is 0 Å². The standard InChI is InChI=1S/C10H10N2O5S/c13-9(6-7-10(14)15)11-12-18(16,17)8-4-2-1-3-5-8/h1-7,12H,(H,11,13)(H,14,15)/b7-6+. The molecule has 18 heavy (non-hydrogen) atoms. The van der Waals surface area contributed by atoms with Crippen LogP contribution >= 0.6 is 0 Å². The fourth-order valence-corrected chi connectivity index (χ4v) is 1.83. The minimum atomic E-state index is -3.86. The van der Waals surface area contributed by atoms with Crippen LogP contribution in [0.25, 0.3) is 0 Å². The molecule has 3 N–H and O–H groups in total. The lowest BCUT2D eigenvalue weighted by Gasteiger charge is -2.06. The lowest BCUT2D eigenvalue weighted by molar-refractivity contribution is -0.131. The average Bonchev–Trinajstić information content (AvgIpc) is 2.35. The molecule has 0 fully saturated rings. The van der Waals surface area contributed by atoms with Crippen molar-refractivity contribution in [3.05, 3.63) is 42.5 Å². The Labute approximate surface area is 103 Å². The van der Waals surface area contributed by atoms with Gasteiger partial charge in [0.15, 0.2) is 0 Å². The normalized spacial score (nSPS) is 11.3. The van der Waals surface area contributed by atoms with Crippen LogP contribution in [0.2, 0.25) is 0 Å². The Hall–Kier alpha value is -2.19. The summed E-state index contributed by atoms with van der Waals surface area (Å²) in [6.07, 6.45) is 1.28. The molecule has 96 valence electrons. The molecule has 0 bridgehead atoms. The smallest absolute Gasteiger partial charge is 0.328 e. The predicted octanol–water partition coefficient (Wildman–Crippen LogP) is -0.363. The van der Waals surface area contributed by atoms with E-state index < -0.39 is 21.9 Å². The van der Waals surface area contributed by atoms with E-state index in [4.69, 9.17) is 5.11 Å². The third kappa shape index (κ3) is 4.36. The lowest BCUT2D eigenvalue weighted by atomic mass is 10.4. The minimum absolute atomic E-state index is 0.0208. The van der Waals surface area contributed by atoms with Crippen molar-refractivity contribution < 1.29 is 23.1 Å². The molecule has 0 saturated heterocycles. The topological polar surface area (TPSA) is 113 Å². The van der Waals surface area contributed by atoms with Crippen molar-refractivity contribution in [2.24, 2.45) is 0 Å². The molecule has 0 heterocycles. The maximum atomic E-state index is 11.6. The van der Waals surface area contributed by atoms with Crippen LogP contribution < -0.4 is 10.3 Å². The number of nitrogens with one attached hydrogen (secondary N) is 2. The van der Waals surface area contributed by atoms with Crippen LogP contribution in [0, 0.1) is 0 Å². The maximum Gasteiger partial charge on any atom is 0.328 e. The van der Waals surface area contributed by atoms with E-state index in [1.54, 1.807) is 6.07 Å². The third-order valence-corrected chi connectivity index (χ3v) is 3.00. The highest BCUT2D eigenvalue weighted by Crippen LogP contribution is 2.05. The van der Waals surface area contributed by atoms with Crippen LogP contribution in [-0.4, -0.2) is 25.4 Å². The number of carbonyl (C=O) groups excluding carboxylic acids is 1. The Morgan fingerprint density at radius 2 is 1.72 bits per heavy atom. The van der Waals surface area contributed by atoms with Gasteiger partial charge in [-0.2, -0.15) is 0 Å². The molecule has 0 atom stereocenters. The number of hydrazine groups is 1. The van der Waals surface area contributed by atoms with Gasteiger partial charge in [0.2, 0.25) is 0 Å². The van der Waals surface area contributed by atoms with Gasteiger partial charge >= 0.3 is 5.97 Å². The van der Waals surface area contributed by atoms with E-state index in [1.807, 2.05) is 10.3 Å². The second kappa shape index (κ2) is 5.94. The summed E-state index contributed by atoms with van der Waals surface area (Å²) in [5, 5.41) is 8.26. The molecule has 1 amide bonds. The molecular weight excluding hydrogens is 260 g/mol. The van der Waals surface area contributed by atoms with Gasteiger partial charge in [-0.3, -0.25) is 10.2 Å². The monoisotopic (exact) mass is 270 g/mol. The Morgan fingerprint density at radius 3 is 2.28 bits per heavy atom. The molecule has 0 aromatic heterocycles. The Kier molecular flexibility index (Phi) is 4.58. The molecule has 0 aliphatic rings. The van der Waals surface area contributed by atoms with Crippen LogP contribution in [0.3, 0.4) is 0 Å². The van der Waals surface area contributed by atoms with Crippen LogP contribution in [-0.2, 0) is 19.6 Å². The van der Waals surface area contributed by atoms with Gasteiger partial charge in [-0.1, -0.05) is 18.2 Å². The minimum Gasteiger partial charge on any atom is -0.478 e. The fourth-order valence-electron chi connectivity index (χ4n) is 0.965. The van der Waals surface area contributed by atoms with Crippen LogP contribution in [0.1, 0.15) is 0 Å². The third-order valence-electron chi connectivity index (χ3n) is 1.74. The summed E-state index contributed by atoms with van der Waals surface area (Å²) in [5.74, 6) is -2.20. The molecule has 0 saturated carbocycles. The van der Waals surface area contributed by atoms with Gasteiger partial charge in [0.25, 0.3) is 15.9 Å². The number of hydrogen-bond donors (Lipinski definition) is 3. The zero-order valence-electron chi connectivity index (χ0n) is 9.03. The SMILES string of the molecule is O=C(O)/C=C/C(=O)NNS(=O)(=O)c1ccccc1. The molecule has 1 aromatic carbocycles. The van der Waals surface area contributed by atoms with Crippen molar-refractivity contribution in [3.8, 4) is 0 Å². The van der Waals surface area contributed by atoms with Gasteiger partial charge in [0.1, 0.15) is 0 Å². The van der Waals surface area contributed by atoms with Gasteiger partial charge in [-0.25, -0.2) is 13.2 Å². The largest absolute Gasteiger partial charge is 0.478 e. The molecule has 0 aliphatic carbocycles. The number of hydrogen-bond acceptors (Lipinski definition) is 4. The number of benzene rings is 1. The highest BCUT2D eigenvalue weighted by molar-refractivity contribution is 7.89. The van der Waals surface area contributed by atoms with Gasteiger partial charge in [0.05, 0.1) is 4.90 Å². The summed E-state index contributed by atoms with van der Waals surface area (Å²) in [4.78, 5) is 23.0. The van der Waals surface area contributed by atoms with Gasteiger partial charge in [0, 0.05) is 12.2 Å². The fraction of sp³-hybridized carbons (Fsp3) is 0. The van der Waals surface area contributed by atoms with Crippen molar-refractivity contribution in [2.75, 3.05) is 0 Å². The van der Waals surface area contributed by atoms with E-state index in [1.165, 1.54) is 24.3 Å². The Bertz CT molecular complexity index is 565. The Balaban J connectivity index is 2.64. The molecule has 0 spiro atoms. The molecule has 0 aliphatic heterocycles. The van der Waals surface area contributed by atoms with Crippen molar-refractivity contribution >= 4 is 21.9 Å². The number of aliphatic carboxylic acids is 1.